The van der Waals surface area contributed by atoms with E-state index in [2.05, 4.69) is 22.5 Å². The third-order valence-electron chi connectivity index (χ3n) is 3.14. The van der Waals surface area contributed by atoms with Gasteiger partial charge in [0.05, 0.1) is 6.42 Å². The van der Waals surface area contributed by atoms with Gasteiger partial charge < -0.3 is 16.0 Å². The maximum absolute atomic E-state index is 12.1. The van der Waals surface area contributed by atoms with Gasteiger partial charge in [0.1, 0.15) is 0 Å². The molecule has 0 radical (unpaired) electrons. The predicted molar refractivity (Wildman–Crippen MR) is 97.4 cm³/mol. The number of halogens is 1. The normalized spacial score (nSPS) is 9.88. The Labute approximate surface area is 145 Å². The van der Waals surface area contributed by atoms with E-state index < -0.39 is 0 Å². The second kappa shape index (κ2) is 8.74. The van der Waals surface area contributed by atoms with Crippen LogP contribution in [0.4, 0.5) is 16.2 Å². The van der Waals surface area contributed by atoms with Gasteiger partial charge in [-0.25, -0.2) is 4.79 Å². The van der Waals surface area contributed by atoms with Gasteiger partial charge in [-0.15, -0.1) is 6.58 Å². The van der Waals surface area contributed by atoms with Crippen LogP contribution in [0, 0.1) is 0 Å². The molecule has 2 aromatic carbocycles. The van der Waals surface area contributed by atoms with Crippen LogP contribution < -0.4 is 16.0 Å². The molecule has 3 amide bonds. The van der Waals surface area contributed by atoms with Crippen LogP contribution in [0.1, 0.15) is 5.56 Å². The van der Waals surface area contributed by atoms with Crippen LogP contribution >= 0.6 is 11.6 Å². The number of urea groups is 1. The van der Waals surface area contributed by atoms with Crippen LogP contribution in [0.3, 0.4) is 0 Å². The average molecular weight is 344 g/mol. The zero-order valence-corrected chi connectivity index (χ0v) is 13.8. The molecular formula is C18H18ClN3O2. The standard InChI is InChI=1S/C18H18ClN3O2/c1-2-11-20-18(24)22-15-9-7-14(8-10-15)21-17(23)12-13-5-3-4-6-16(13)19/h2-10H,1,11-12H2,(H,21,23)(H2,20,22,24). The molecule has 0 atom stereocenters. The van der Waals surface area contributed by atoms with Crippen LogP contribution in [-0.4, -0.2) is 18.5 Å². The lowest BCUT2D eigenvalue weighted by Crippen LogP contribution is -2.28. The van der Waals surface area contributed by atoms with E-state index in [1.54, 1.807) is 36.4 Å². The van der Waals surface area contributed by atoms with Gasteiger partial charge in [0.15, 0.2) is 0 Å². The topological polar surface area (TPSA) is 70.2 Å². The van der Waals surface area contributed by atoms with E-state index in [-0.39, 0.29) is 18.4 Å². The van der Waals surface area contributed by atoms with Crippen molar-refractivity contribution in [3.8, 4) is 0 Å². The van der Waals surface area contributed by atoms with Crippen molar-refractivity contribution in [2.24, 2.45) is 0 Å². The Bertz CT molecular complexity index is 729. The third-order valence-corrected chi connectivity index (χ3v) is 3.51. The molecule has 0 aliphatic heterocycles. The van der Waals surface area contributed by atoms with E-state index in [4.69, 9.17) is 11.6 Å². The molecule has 0 spiro atoms. The summed E-state index contributed by atoms with van der Waals surface area (Å²) in [6.45, 7) is 3.91. The zero-order chi connectivity index (χ0) is 17.4. The van der Waals surface area contributed by atoms with Gasteiger partial charge in [-0.2, -0.15) is 0 Å². The van der Waals surface area contributed by atoms with Crippen molar-refractivity contribution in [1.82, 2.24) is 5.32 Å². The zero-order valence-electron chi connectivity index (χ0n) is 13.0. The van der Waals surface area contributed by atoms with E-state index in [9.17, 15) is 9.59 Å². The minimum atomic E-state index is -0.314. The maximum Gasteiger partial charge on any atom is 0.319 e. The highest BCUT2D eigenvalue weighted by Crippen LogP contribution is 2.17. The Kier molecular flexibility index (Phi) is 6.40. The fourth-order valence-electron chi connectivity index (χ4n) is 2.00. The van der Waals surface area contributed by atoms with E-state index in [0.717, 1.165) is 5.56 Å². The monoisotopic (exact) mass is 343 g/mol. The van der Waals surface area contributed by atoms with Gasteiger partial charge >= 0.3 is 6.03 Å². The maximum atomic E-state index is 12.1. The predicted octanol–water partition coefficient (Wildman–Crippen LogP) is 3.83. The molecule has 0 saturated carbocycles. The first-order valence-electron chi connectivity index (χ1n) is 7.37. The molecule has 0 aliphatic carbocycles. The van der Waals surface area contributed by atoms with Crippen molar-refractivity contribution in [1.29, 1.82) is 0 Å². The van der Waals surface area contributed by atoms with Crippen molar-refractivity contribution in [2.75, 3.05) is 17.2 Å². The number of rotatable bonds is 6. The molecule has 0 heterocycles. The van der Waals surface area contributed by atoms with Gasteiger partial charge in [-0.1, -0.05) is 35.9 Å². The summed E-state index contributed by atoms with van der Waals surface area (Å²) in [5.74, 6) is -0.160. The van der Waals surface area contributed by atoms with Crippen molar-refractivity contribution >= 4 is 34.9 Å². The van der Waals surface area contributed by atoms with Crippen LogP contribution in [0.25, 0.3) is 0 Å². The minimum absolute atomic E-state index is 0.160. The SMILES string of the molecule is C=CCNC(=O)Nc1ccc(NC(=O)Cc2ccccc2Cl)cc1. The molecular weight excluding hydrogens is 326 g/mol. The number of benzene rings is 2. The van der Waals surface area contributed by atoms with Gasteiger partial charge in [0, 0.05) is 22.9 Å². The van der Waals surface area contributed by atoms with Crippen LogP contribution in [0.15, 0.2) is 61.2 Å². The summed E-state index contributed by atoms with van der Waals surface area (Å²) in [5.41, 5.74) is 2.04. The molecule has 24 heavy (non-hydrogen) atoms. The Morgan fingerprint density at radius 3 is 2.25 bits per heavy atom. The fourth-order valence-corrected chi connectivity index (χ4v) is 2.20. The molecule has 5 nitrogen and oxygen atoms in total. The van der Waals surface area contributed by atoms with Crippen molar-refractivity contribution in [2.45, 2.75) is 6.42 Å². The summed E-state index contributed by atoms with van der Waals surface area (Å²) in [5, 5.41) is 8.65. The molecule has 0 bridgehead atoms. The molecule has 2 rings (SSSR count). The van der Waals surface area contributed by atoms with Crippen molar-refractivity contribution in [3.63, 3.8) is 0 Å². The number of hydrogen-bond donors (Lipinski definition) is 3. The smallest absolute Gasteiger partial charge is 0.319 e. The number of hydrogen-bond acceptors (Lipinski definition) is 2. The average Bonchev–Trinajstić information content (AvgIpc) is 2.57. The molecule has 0 saturated heterocycles. The van der Waals surface area contributed by atoms with Crippen LogP contribution in [-0.2, 0) is 11.2 Å². The lowest BCUT2D eigenvalue weighted by atomic mass is 10.1. The molecule has 0 aliphatic rings. The highest BCUT2D eigenvalue weighted by Gasteiger charge is 2.07. The van der Waals surface area contributed by atoms with Crippen LogP contribution in [0.5, 0.6) is 0 Å². The van der Waals surface area contributed by atoms with Gasteiger partial charge in [-0.3, -0.25) is 4.79 Å². The summed E-state index contributed by atoms with van der Waals surface area (Å²) in [4.78, 5) is 23.6. The molecule has 124 valence electrons. The van der Waals surface area contributed by atoms with E-state index in [0.29, 0.717) is 22.9 Å². The highest BCUT2D eigenvalue weighted by atomic mass is 35.5. The number of amides is 3. The molecule has 2 aromatic rings. The summed E-state index contributed by atoms with van der Waals surface area (Å²) in [7, 11) is 0. The van der Waals surface area contributed by atoms with Crippen molar-refractivity contribution < 1.29 is 9.59 Å². The Morgan fingerprint density at radius 1 is 1.00 bits per heavy atom. The Morgan fingerprint density at radius 2 is 1.62 bits per heavy atom. The van der Waals surface area contributed by atoms with E-state index >= 15 is 0 Å². The molecule has 0 unspecified atom stereocenters. The molecule has 3 N–H and O–H groups in total. The second-order valence-electron chi connectivity index (χ2n) is 5.02. The third kappa shape index (κ3) is 5.44. The van der Waals surface area contributed by atoms with Gasteiger partial charge in [0.25, 0.3) is 0 Å². The lowest BCUT2D eigenvalue weighted by molar-refractivity contribution is -0.115. The largest absolute Gasteiger partial charge is 0.334 e. The molecule has 6 heteroatoms. The molecule has 0 aromatic heterocycles. The number of carbonyl (C=O) groups excluding carboxylic acids is 2. The number of carbonyl (C=O) groups is 2. The summed E-state index contributed by atoms with van der Waals surface area (Å²) < 4.78 is 0. The second-order valence-corrected chi connectivity index (χ2v) is 5.42. The van der Waals surface area contributed by atoms with E-state index in [1.807, 2.05) is 18.2 Å². The number of nitrogens with one attached hydrogen (secondary N) is 3. The summed E-state index contributed by atoms with van der Waals surface area (Å²) >= 11 is 6.04. The molecule has 0 fully saturated rings. The Hall–Kier alpha value is -2.79. The summed E-state index contributed by atoms with van der Waals surface area (Å²) in [6.07, 6.45) is 1.79. The Balaban J connectivity index is 1.89. The fraction of sp³-hybridized carbons (Fsp3) is 0.111. The van der Waals surface area contributed by atoms with E-state index in [1.165, 1.54) is 0 Å². The van der Waals surface area contributed by atoms with Crippen molar-refractivity contribution in [3.05, 3.63) is 71.8 Å². The lowest BCUT2D eigenvalue weighted by Gasteiger charge is -2.09. The first kappa shape index (κ1) is 17.6. The van der Waals surface area contributed by atoms with Crippen LogP contribution in [0.2, 0.25) is 5.02 Å². The number of anilines is 2. The van der Waals surface area contributed by atoms with Gasteiger partial charge in [-0.05, 0) is 35.9 Å². The first-order valence-corrected chi connectivity index (χ1v) is 7.75. The summed E-state index contributed by atoms with van der Waals surface area (Å²) in [6, 6.07) is 13.8. The minimum Gasteiger partial charge on any atom is -0.334 e. The highest BCUT2D eigenvalue weighted by molar-refractivity contribution is 6.31. The van der Waals surface area contributed by atoms with Gasteiger partial charge in [0.2, 0.25) is 5.91 Å². The first-order chi connectivity index (χ1) is 11.6. The quantitative estimate of drug-likeness (QED) is 0.698.